The first-order valence-electron chi connectivity index (χ1n) is 7.73. The van der Waals surface area contributed by atoms with Gasteiger partial charge >= 0.3 is 5.97 Å². The number of rotatable bonds is 4. The van der Waals surface area contributed by atoms with Crippen molar-refractivity contribution < 1.29 is 9.90 Å². The summed E-state index contributed by atoms with van der Waals surface area (Å²) in [5, 5.41) is 9.09. The summed E-state index contributed by atoms with van der Waals surface area (Å²) in [7, 11) is 0. The van der Waals surface area contributed by atoms with Crippen molar-refractivity contribution >= 4 is 5.97 Å². The first kappa shape index (κ1) is 14.8. The Morgan fingerprint density at radius 1 is 1.18 bits per heavy atom. The minimum Gasteiger partial charge on any atom is -0.481 e. The van der Waals surface area contributed by atoms with Crippen LogP contribution < -0.4 is 0 Å². The molecule has 0 aromatic heterocycles. The molecule has 22 heavy (non-hydrogen) atoms. The first-order valence-corrected chi connectivity index (χ1v) is 7.73. The number of nitrogens with zero attached hydrogens (tertiary/aromatic N) is 1. The predicted octanol–water partition coefficient (Wildman–Crippen LogP) is 3.57. The molecule has 1 heterocycles. The third-order valence-corrected chi connectivity index (χ3v) is 4.34. The topological polar surface area (TPSA) is 40.5 Å². The van der Waals surface area contributed by atoms with E-state index in [4.69, 9.17) is 5.11 Å². The monoisotopic (exact) mass is 295 g/mol. The zero-order chi connectivity index (χ0) is 15.5. The molecule has 1 atom stereocenters. The Bertz CT molecular complexity index is 663. The van der Waals surface area contributed by atoms with Crippen LogP contribution in [-0.2, 0) is 11.3 Å². The smallest absolute Gasteiger partial charge is 0.307 e. The number of carboxylic acids is 1. The van der Waals surface area contributed by atoms with Crippen molar-refractivity contribution in [2.24, 2.45) is 5.92 Å². The molecule has 2 aromatic carbocycles. The lowest BCUT2D eigenvalue weighted by atomic mass is 10.0. The number of hydrogen-bond donors (Lipinski definition) is 1. The fourth-order valence-electron chi connectivity index (χ4n) is 3.03. The number of aliphatic carboxylic acids is 1. The van der Waals surface area contributed by atoms with Gasteiger partial charge in [0, 0.05) is 13.1 Å². The van der Waals surface area contributed by atoms with Gasteiger partial charge in [-0.05, 0) is 42.6 Å². The number of carboxylic acid groups (broad SMARTS) is 1. The highest BCUT2D eigenvalue weighted by Gasteiger charge is 2.27. The second-order valence-electron chi connectivity index (χ2n) is 6.13. The Labute approximate surface area is 131 Å². The highest BCUT2D eigenvalue weighted by atomic mass is 16.4. The van der Waals surface area contributed by atoms with E-state index in [0.717, 1.165) is 19.5 Å². The number of benzene rings is 2. The van der Waals surface area contributed by atoms with Crippen LogP contribution in [0.5, 0.6) is 0 Å². The number of likely N-dealkylation sites (tertiary alicyclic amines) is 1. The maximum Gasteiger partial charge on any atom is 0.307 e. The molecule has 0 saturated carbocycles. The van der Waals surface area contributed by atoms with Crippen molar-refractivity contribution in [2.75, 3.05) is 13.1 Å². The normalized spacial score (nSPS) is 18.5. The van der Waals surface area contributed by atoms with Crippen molar-refractivity contribution in [3.8, 4) is 11.1 Å². The fourth-order valence-corrected chi connectivity index (χ4v) is 3.03. The standard InChI is InChI=1S/C19H21NO2/c1-14-5-7-16(8-6-14)17-4-2-3-15(11-17)12-20-10-9-18(13-20)19(21)22/h2-8,11,18H,9-10,12-13H2,1H3,(H,21,22). The van der Waals surface area contributed by atoms with Gasteiger partial charge in [-0.15, -0.1) is 0 Å². The van der Waals surface area contributed by atoms with Crippen molar-refractivity contribution in [3.05, 3.63) is 59.7 Å². The molecule has 114 valence electrons. The molecule has 1 fully saturated rings. The largest absolute Gasteiger partial charge is 0.481 e. The molecule has 0 bridgehead atoms. The van der Waals surface area contributed by atoms with Crippen LogP contribution in [0, 0.1) is 12.8 Å². The van der Waals surface area contributed by atoms with Crippen LogP contribution in [0.15, 0.2) is 48.5 Å². The third-order valence-electron chi connectivity index (χ3n) is 4.34. The van der Waals surface area contributed by atoms with Gasteiger partial charge in [0.05, 0.1) is 5.92 Å². The summed E-state index contributed by atoms with van der Waals surface area (Å²) in [5.41, 5.74) is 4.93. The van der Waals surface area contributed by atoms with E-state index in [9.17, 15) is 4.79 Å². The molecule has 0 radical (unpaired) electrons. The van der Waals surface area contributed by atoms with E-state index in [-0.39, 0.29) is 5.92 Å². The molecule has 1 unspecified atom stereocenters. The third kappa shape index (κ3) is 3.37. The Balaban J connectivity index is 1.72. The summed E-state index contributed by atoms with van der Waals surface area (Å²) in [6, 6.07) is 17.1. The lowest BCUT2D eigenvalue weighted by molar-refractivity contribution is -0.141. The molecule has 1 aliphatic heterocycles. The molecule has 3 rings (SSSR count). The molecule has 3 nitrogen and oxygen atoms in total. The molecular weight excluding hydrogens is 274 g/mol. The summed E-state index contributed by atoms with van der Waals surface area (Å²) in [6.07, 6.45) is 0.757. The van der Waals surface area contributed by atoms with Crippen molar-refractivity contribution in [3.63, 3.8) is 0 Å². The minimum absolute atomic E-state index is 0.208. The summed E-state index contributed by atoms with van der Waals surface area (Å²) in [5.74, 6) is -0.879. The van der Waals surface area contributed by atoms with Gasteiger partial charge in [0.1, 0.15) is 0 Å². The molecule has 0 spiro atoms. The van der Waals surface area contributed by atoms with E-state index in [1.165, 1.54) is 22.3 Å². The summed E-state index contributed by atoms with van der Waals surface area (Å²) >= 11 is 0. The quantitative estimate of drug-likeness (QED) is 0.937. The van der Waals surface area contributed by atoms with Gasteiger partial charge in [-0.1, -0.05) is 48.0 Å². The van der Waals surface area contributed by atoms with Crippen LogP contribution in [-0.4, -0.2) is 29.1 Å². The van der Waals surface area contributed by atoms with Crippen LogP contribution in [0.25, 0.3) is 11.1 Å². The molecule has 0 aliphatic carbocycles. The Morgan fingerprint density at radius 2 is 1.95 bits per heavy atom. The van der Waals surface area contributed by atoms with Crippen LogP contribution in [0.2, 0.25) is 0 Å². The molecule has 1 saturated heterocycles. The molecule has 1 N–H and O–H groups in total. The molecule has 3 heteroatoms. The van der Waals surface area contributed by atoms with Crippen molar-refractivity contribution in [1.29, 1.82) is 0 Å². The number of hydrogen-bond acceptors (Lipinski definition) is 2. The highest BCUT2D eigenvalue weighted by molar-refractivity contribution is 5.70. The van der Waals surface area contributed by atoms with Crippen molar-refractivity contribution in [2.45, 2.75) is 19.9 Å². The molecule has 0 amide bonds. The van der Waals surface area contributed by atoms with Crippen LogP contribution in [0.3, 0.4) is 0 Å². The van der Waals surface area contributed by atoms with E-state index >= 15 is 0 Å². The van der Waals surface area contributed by atoms with Gasteiger partial charge in [-0.25, -0.2) is 0 Å². The van der Waals surface area contributed by atoms with E-state index in [1.807, 2.05) is 0 Å². The molecule has 1 aliphatic rings. The van der Waals surface area contributed by atoms with Gasteiger partial charge in [0.25, 0.3) is 0 Å². The van der Waals surface area contributed by atoms with Gasteiger partial charge < -0.3 is 5.11 Å². The second-order valence-corrected chi connectivity index (χ2v) is 6.13. The highest BCUT2D eigenvalue weighted by Crippen LogP contribution is 2.23. The maximum atomic E-state index is 11.0. The number of aryl methyl sites for hydroxylation is 1. The maximum absolute atomic E-state index is 11.0. The fraction of sp³-hybridized carbons (Fsp3) is 0.316. The molecule has 2 aromatic rings. The van der Waals surface area contributed by atoms with Crippen LogP contribution >= 0.6 is 0 Å². The lowest BCUT2D eigenvalue weighted by Gasteiger charge is -2.16. The predicted molar refractivity (Wildman–Crippen MR) is 87.6 cm³/mol. The SMILES string of the molecule is Cc1ccc(-c2cccc(CN3CCC(C(=O)O)C3)c2)cc1. The van der Waals surface area contributed by atoms with Crippen LogP contribution in [0.1, 0.15) is 17.5 Å². The van der Waals surface area contributed by atoms with Crippen molar-refractivity contribution in [1.82, 2.24) is 4.90 Å². The summed E-state index contributed by atoms with van der Waals surface area (Å²) < 4.78 is 0. The zero-order valence-corrected chi connectivity index (χ0v) is 12.8. The Hall–Kier alpha value is -2.13. The minimum atomic E-state index is -0.670. The average molecular weight is 295 g/mol. The van der Waals surface area contributed by atoms with Gasteiger partial charge in [-0.3, -0.25) is 9.69 Å². The van der Waals surface area contributed by atoms with Gasteiger partial charge in [0.2, 0.25) is 0 Å². The summed E-state index contributed by atoms with van der Waals surface area (Å²) in [4.78, 5) is 13.3. The van der Waals surface area contributed by atoms with Gasteiger partial charge in [-0.2, -0.15) is 0 Å². The molecular formula is C19H21NO2. The average Bonchev–Trinajstić information content (AvgIpc) is 2.97. The van der Waals surface area contributed by atoms with E-state index in [1.54, 1.807) is 0 Å². The van der Waals surface area contributed by atoms with Gasteiger partial charge in [0.15, 0.2) is 0 Å². The zero-order valence-electron chi connectivity index (χ0n) is 12.8. The summed E-state index contributed by atoms with van der Waals surface area (Å²) in [6.45, 7) is 4.44. The van der Waals surface area contributed by atoms with E-state index < -0.39 is 5.97 Å². The Kier molecular flexibility index (Phi) is 4.25. The second kappa shape index (κ2) is 6.32. The Morgan fingerprint density at radius 3 is 2.64 bits per heavy atom. The van der Waals surface area contributed by atoms with Crippen LogP contribution in [0.4, 0.5) is 0 Å². The van der Waals surface area contributed by atoms with E-state index in [2.05, 4.69) is 60.4 Å². The van der Waals surface area contributed by atoms with E-state index in [0.29, 0.717) is 6.54 Å². The first-order chi connectivity index (χ1) is 10.6. The lowest BCUT2D eigenvalue weighted by Crippen LogP contribution is -2.22. The number of carbonyl (C=O) groups is 1.